The number of anilines is 1. The quantitative estimate of drug-likeness (QED) is 0.329. The number of thiophene rings is 1. The SMILES string of the molecule is Cc1nc(NC2CC2)c2cc(-c3ccc(F)c(CN(C4CC4)S(=O)(=O)c4cccs4)c3)ccc2n1. The van der Waals surface area contributed by atoms with Crippen LogP contribution in [0.1, 0.15) is 37.1 Å². The van der Waals surface area contributed by atoms with Crippen molar-refractivity contribution in [2.45, 2.75) is 55.4 Å². The van der Waals surface area contributed by atoms with Crippen molar-refractivity contribution in [3.63, 3.8) is 0 Å². The highest BCUT2D eigenvalue weighted by molar-refractivity contribution is 7.91. The molecule has 2 fully saturated rings. The summed E-state index contributed by atoms with van der Waals surface area (Å²) in [6.07, 6.45) is 3.87. The standard InChI is InChI=1S/C26H25FN4O2S2/c1-16-28-24-11-5-18(14-22(24)26(29-16)30-20-6-7-20)17-4-10-23(27)19(13-17)15-31(21-8-9-21)35(32,33)25-3-2-12-34-25/h2-5,10-14,20-21H,6-9,15H2,1H3,(H,28,29,30). The highest BCUT2D eigenvalue weighted by Crippen LogP contribution is 2.36. The molecule has 0 atom stereocenters. The molecule has 0 amide bonds. The van der Waals surface area contributed by atoms with E-state index >= 15 is 0 Å². The van der Waals surface area contributed by atoms with Crippen LogP contribution in [0.25, 0.3) is 22.0 Å². The number of nitrogens with one attached hydrogen (secondary N) is 1. The summed E-state index contributed by atoms with van der Waals surface area (Å²) in [5.41, 5.74) is 2.95. The van der Waals surface area contributed by atoms with Crippen LogP contribution in [0.2, 0.25) is 0 Å². The Morgan fingerprint density at radius 1 is 1.06 bits per heavy atom. The average Bonchev–Trinajstić information content (AvgIpc) is 3.77. The first-order valence-electron chi connectivity index (χ1n) is 11.8. The lowest BCUT2D eigenvalue weighted by molar-refractivity contribution is 0.393. The summed E-state index contributed by atoms with van der Waals surface area (Å²) in [5.74, 6) is 1.13. The van der Waals surface area contributed by atoms with Crippen LogP contribution in [-0.4, -0.2) is 34.8 Å². The third kappa shape index (κ3) is 4.55. The number of hydrogen-bond acceptors (Lipinski definition) is 6. The maximum atomic E-state index is 14.9. The van der Waals surface area contributed by atoms with Crippen LogP contribution >= 0.6 is 11.3 Å². The van der Waals surface area contributed by atoms with Crippen LogP contribution in [0.15, 0.2) is 58.1 Å². The number of halogens is 1. The van der Waals surface area contributed by atoms with Crippen LogP contribution in [0.3, 0.4) is 0 Å². The second kappa shape index (κ2) is 8.65. The van der Waals surface area contributed by atoms with E-state index in [1.54, 1.807) is 29.6 Å². The zero-order valence-electron chi connectivity index (χ0n) is 19.2. The molecule has 2 aliphatic carbocycles. The van der Waals surface area contributed by atoms with E-state index in [4.69, 9.17) is 0 Å². The molecule has 0 unspecified atom stereocenters. The topological polar surface area (TPSA) is 75.2 Å². The first kappa shape index (κ1) is 22.6. The molecule has 9 heteroatoms. The lowest BCUT2D eigenvalue weighted by Crippen LogP contribution is -2.32. The summed E-state index contributed by atoms with van der Waals surface area (Å²) in [6, 6.07) is 14.6. The van der Waals surface area contributed by atoms with Crippen molar-refractivity contribution >= 4 is 38.1 Å². The van der Waals surface area contributed by atoms with Crippen molar-refractivity contribution in [2.75, 3.05) is 5.32 Å². The predicted octanol–water partition coefficient (Wildman–Crippen LogP) is 5.73. The Bertz CT molecular complexity index is 1510. The van der Waals surface area contributed by atoms with E-state index in [0.29, 0.717) is 21.6 Å². The van der Waals surface area contributed by atoms with Gasteiger partial charge in [-0.3, -0.25) is 0 Å². The first-order chi connectivity index (χ1) is 16.9. The molecule has 4 aromatic rings. The minimum absolute atomic E-state index is 0.00887. The molecule has 0 radical (unpaired) electrons. The number of sulfonamides is 1. The van der Waals surface area contributed by atoms with Gasteiger partial charge in [0.15, 0.2) is 0 Å². The summed E-state index contributed by atoms with van der Waals surface area (Å²) in [4.78, 5) is 9.17. The van der Waals surface area contributed by atoms with Gasteiger partial charge in [0.25, 0.3) is 10.0 Å². The average molecular weight is 509 g/mol. The molecule has 35 heavy (non-hydrogen) atoms. The fourth-order valence-corrected chi connectivity index (χ4v) is 7.08. The van der Waals surface area contributed by atoms with Crippen LogP contribution in [0, 0.1) is 12.7 Å². The lowest BCUT2D eigenvalue weighted by Gasteiger charge is -2.22. The van der Waals surface area contributed by atoms with Gasteiger partial charge in [0.1, 0.15) is 21.7 Å². The van der Waals surface area contributed by atoms with E-state index in [2.05, 4.69) is 15.3 Å². The number of aryl methyl sites for hydroxylation is 1. The maximum absolute atomic E-state index is 14.9. The molecule has 0 spiro atoms. The van der Waals surface area contributed by atoms with Gasteiger partial charge in [-0.15, -0.1) is 11.3 Å². The van der Waals surface area contributed by atoms with Gasteiger partial charge in [-0.1, -0.05) is 18.2 Å². The number of benzene rings is 2. The van der Waals surface area contributed by atoms with E-state index in [0.717, 1.165) is 53.5 Å². The van der Waals surface area contributed by atoms with Crippen LogP contribution < -0.4 is 5.32 Å². The molecule has 2 aromatic carbocycles. The van der Waals surface area contributed by atoms with Gasteiger partial charge in [0.05, 0.1) is 5.52 Å². The van der Waals surface area contributed by atoms with Crippen LogP contribution in [0.5, 0.6) is 0 Å². The summed E-state index contributed by atoms with van der Waals surface area (Å²) in [7, 11) is -3.67. The molecular formula is C26H25FN4O2S2. The van der Waals surface area contributed by atoms with Crippen LogP contribution in [0.4, 0.5) is 10.2 Å². The molecule has 2 heterocycles. The van der Waals surface area contributed by atoms with Gasteiger partial charge >= 0.3 is 0 Å². The Kier molecular flexibility index (Phi) is 5.58. The van der Waals surface area contributed by atoms with Crippen LogP contribution in [-0.2, 0) is 16.6 Å². The lowest BCUT2D eigenvalue weighted by atomic mass is 10.0. The second-order valence-electron chi connectivity index (χ2n) is 9.29. The molecule has 2 saturated carbocycles. The van der Waals surface area contributed by atoms with Crippen molar-refractivity contribution in [3.05, 3.63) is 71.1 Å². The Morgan fingerprint density at radius 2 is 1.83 bits per heavy atom. The fraction of sp³-hybridized carbons (Fsp3) is 0.308. The van der Waals surface area contributed by atoms with Gasteiger partial charge < -0.3 is 5.32 Å². The van der Waals surface area contributed by atoms with E-state index in [1.165, 1.54) is 21.7 Å². The normalized spacial score (nSPS) is 16.2. The van der Waals surface area contributed by atoms with Crippen molar-refractivity contribution in [1.82, 2.24) is 14.3 Å². The maximum Gasteiger partial charge on any atom is 0.253 e. The second-order valence-corrected chi connectivity index (χ2v) is 12.4. The van der Waals surface area contributed by atoms with Gasteiger partial charge in [-0.2, -0.15) is 4.31 Å². The number of aromatic nitrogens is 2. The Morgan fingerprint density at radius 3 is 2.54 bits per heavy atom. The van der Waals surface area contributed by atoms with Crippen molar-refractivity contribution < 1.29 is 12.8 Å². The number of nitrogens with zero attached hydrogens (tertiary/aromatic N) is 3. The summed E-state index contributed by atoms with van der Waals surface area (Å²) in [6.45, 7) is 1.89. The Hall–Kier alpha value is -2.88. The zero-order chi connectivity index (χ0) is 24.2. The summed E-state index contributed by atoms with van der Waals surface area (Å²) >= 11 is 1.19. The third-order valence-corrected chi connectivity index (χ3v) is 9.71. The van der Waals surface area contributed by atoms with E-state index < -0.39 is 15.8 Å². The molecule has 1 N–H and O–H groups in total. The molecule has 6 rings (SSSR count). The Labute approximate surface area is 207 Å². The largest absolute Gasteiger partial charge is 0.367 e. The predicted molar refractivity (Wildman–Crippen MR) is 136 cm³/mol. The van der Waals surface area contributed by atoms with Crippen molar-refractivity contribution in [1.29, 1.82) is 0 Å². The number of hydrogen-bond donors (Lipinski definition) is 1. The molecular weight excluding hydrogens is 483 g/mol. The molecule has 0 bridgehead atoms. The molecule has 2 aliphatic rings. The highest BCUT2D eigenvalue weighted by Gasteiger charge is 2.39. The van der Waals surface area contributed by atoms with E-state index in [-0.39, 0.29) is 12.6 Å². The molecule has 2 aromatic heterocycles. The molecule has 0 saturated heterocycles. The smallest absolute Gasteiger partial charge is 0.253 e. The summed E-state index contributed by atoms with van der Waals surface area (Å²) in [5, 5.41) is 6.16. The Balaban J connectivity index is 1.36. The highest BCUT2D eigenvalue weighted by atomic mass is 32.2. The first-order valence-corrected chi connectivity index (χ1v) is 14.1. The van der Waals surface area contributed by atoms with E-state index in [1.807, 2.05) is 25.1 Å². The van der Waals surface area contributed by atoms with Crippen molar-refractivity contribution in [2.24, 2.45) is 0 Å². The monoisotopic (exact) mass is 508 g/mol. The molecule has 6 nitrogen and oxygen atoms in total. The minimum Gasteiger partial charge on any atom is -0.367 e. The van der Waals surface area contributed by atoms with Gasteiger partial charge in [0.2, 0.25) is 0 Å². The molecule has 0 aliphatic heterocycles. The van der Waals surface area contributed by atoms with Crippen molar-refractivity contribution in [3.8, 4) is 11.1 Å². The minimum atomic E-state index is -3.67. The summed E-state index contributed by atoms with van der Waals surface area (Å²) < 4.78 is 43.2. The number of fused-ring (bicyclic) bond motifs is 1. The number of rotatable bonds is 8. The zero-order valence-corrected chi connectivity index (χ0v) is 20.9. The van der Waals surface area contributed by atoms with E-state index in [9.17, 15) is 12.8 Å². The van der Waals surface area contributed by atoms with Gasteiger partial charge in [-0.05, 0) is 79.4 Å². The third-order valence-electron chi connectivity index (χ3n) is 6.44. The molecule has 180 valence electrons. The van der Waals surface area contributed by atoms with Gasteiger partial charge in [0, 0.05) is 29.6 Å². The fourth-order valence-electron chi connectivity index (χ4n) is 4.30. The van der Waals surface area contributed by atoms with Gasteiger partial charge in [-0.25, -0.2) is 22.8 Å².